The molecular weight excluding hydrogens is 512 g/mol. The van der Waals surface area contributed by atoms with Gasteiger partial charge >= 0.3 is 0 Å². The Labute approximate surface area is 229 Å². The predicted molar refractivity (Wildman–Crippen MR) is 154 cm³/mol. The van der Waals surface area contributed by atoms with Gasteiger partial charge < -0.3 is 4.90 Å². The highest BCUT2D eigenvalue weighted by atomic mass is 32.2. The number of aryl methyl sites for hydroxylation is 1. The number of nitrogens with zero attached hydrogens (tertiary/aromatic N) is 2. The third-order valence-corrected chi connectivity index (χ3v) is 10.4. The zero-order valence-corrected chi connectivity index (χ0v) is 23.4. The second kappa shape index (κ2) is 11.8. The van der Waals surface area contributed by atoms with Crippen molar-refractivity contribution in [1.82, 2.24) is 9.21 Å². The minimum atomic E-state index is -3.88. The van der Waals surface area contributed by atoms with Crippen LogP contribution in [0.2, 0.25) is 0 Å². The third-order valence-electron chi connectivity index (χ3n) is 7.47. The number of amides is 1. The van der Waals surface area contributed by atoms with E-state index in [-0.39, 0.29) is 23.4 Å². The molecule has 5 rings (SSSR count). The summed E-state index contributed by atoms with van der Waals surface area (Å²) in [6, 6.07) is 24.8. The van der Waals surface area contributed by atoms with Crippen molar-refractivity contribution in [2.75, 3.05) is 6.54 Å². The summed E-state index contributed by atoms with van der Waals surface area (Å²) in [5.41, 5.74) is 2.17. The Bertz CT molecular complexity index is 1490. The summed E-state index contributed by atoms with van der Waals surface area (Å²) in [5.74, 6) is -0.170. The first kappa shape index (κ1) is 26.6. The number of thiophene rings is 1. The summed E-state index contributed by atoms with van der Waals surface area (Å²) in [6.45, 7) is 2.80. The van der Waals surface area contributed by atoms with Crippen LogP contribution in [-0.4, -0.2) is 36.1 Å². The lowest BCUT2D eigenvalue weighted by Crippen LogP contribution is -2.47. The highest BCUT2D eigenvalue weighted by molar-refractivity contribution is 7.89. The highest BCUT2D eigenvalue weighted by Crippen LogP contribution is 2.30. The molecule has 0 unspecified atom stereocenters. The quantitative estimate of drug-likeness (QED) is 0.233. The number of benzene rings is 3. The third kappa shape index (κ3) is 6.01. The normalized spacial score (nSPS) is 14.7. The number of fused-ring (bicyclic) bond motifs is 1. The summed E-state index contributed by atoms with van der Waals surface area (Å²) in [6.07, 6.45) is 4.62. The van der Waals surface area contributed by atoms with Gasteiger partial charge in [-0.15, -0.1) is 11.3 Å². The molecule has 0 saturated heterocycles. The van der Waals surface area contributed by atoms with Gasteiger partial charge in [-0.05, 0) is 65.2 Å². The summed E-state index contributed by atoms with van der Waals surface area (Å²) in [5, 5.41) is 3.91. The topological polar surface area (TPSA) is 57.7 Å². The van der Waals surface area contributed by atoms with E-state index in [0.717, 1.165) is 58.9 Å². The summed E-state index contributed by atoms with van der Waals surface area (Å²) < 4.78 is 29.7. The molecular formula is C31H34N2O3S2. The largest absolute Gasteiger partial charge is 0.332 e. The fourth-order valence-electron chi connectivity index (χ4n) is 5.25. The number of hydrogen-bond acceptors (Lipinski definition) is 4. The Hall–Kier alpha value is -3.00. The monoisotopic (exact) mass is 546 g/mol. The van der Waals surface area contributed by atoms with Gasteiger partial charge in [0.15, 0.2) is 0 Å². The molecule has 1 saturated carbocycles. The van der Waals surface area contributed by atoms with Crippen LogP contribution in [0.25, 0.3) is 10.8 Å². The van der Waals surface area contributed by atoms with Crippen molar-refractivity contribution in [1.29, 1.82) is 0 Å². The van der Waals surface area contributed by atoms with Crippen LogP contribution < -0.4 is 0 Å². The fourth-order valence-corrected chi connectivity index (χ4v) is 7.84. The van der Waals surface area contributed by atoms with Crippen LogP contribution in [0, 0.1) is 6.92 Å². The zero-order valence-electron chi connectivity index (χ0n) is 21.8. The van der Waals surface area contributed by atoms with E-state index in [4.69, 9.17) is 0 Å². The van der Waals surface area contributed by atoms with Crippen molar-refractivity contribution in [3.8, 4) is 0 Å². The molecule has 0 radical (unpaired) electrons. The maximum absolute atomic E-state index is 14.1. The molecule has 3 aromatic carbocycles. The van der Waals surface area contributed by atoms with E-state index in [9.17, 15) is 13.2 Å². The number of sulfonamides is 1. The average molecular weight is 547 g/mol. The molecule has 0 N–H and O–H groups in total. The van der Waals surface area contributed by atoms with E-state index in [1.54, 1.807) is 28.4 Å². The van der Waals surface area contributed by atoms with Crippen molar-refractivity contribution < 1.29 is 13.2 Å². The first-order chi connectivity index (χ1) is 18.4. The lowest BCUT2D eigenvalue weighted by atomic mass is 9.95. The van der Waals surface area contributed by atoms with Crippen molar-refractivity contribution >= 4 is 38.0 Å². The van der Waals surface area contributed by atoms with Gasteiger partial charge in [-0.1, -0.05) is 79.9 Å². The molecule has 1 heterocycles. The van der Waals surface area contributed by atoms with Crippen LogP contribution in [0.5, 0.6) is 0 Å². The molecule has 1 aromatic heterocycles. The van der Waals surface area contributed by atoms with Gasteiger partial charge in [-0.25, -0.2) is 8.42 Å². The molecule has 0 spiro atoms. The number of carbonyl (C=O) groups excluding carboxylic acids is 1. The first-order valence-corrected chi connectivity index (χ1v) is 15.6. The van der Waals surface area contributed by atoms with Crippen molar-refractivity contribution in [2.24, 2.45) is 0 Å². The van der Waals surface area contributed by atoms with Crippen LogP contribution in [0.4, 0.5) is 0 Å². The summed E-state index contributed by atoms with van der Waals surface area (Å²) >= 11 is 1.63. The zero-order chi connectivity index (χ0) is 26.5. The van der Waals surface area contributed by atoms with E-state index < -0.39 is 10.0 Å². The van der Waals surface area contributed by atoms with E-state index >= 15 is 0 Å². The summed E-state index contributed by atoms with van der Waals surface area (Å²) in [7, 11) is -3.88. The van der Waals surface area contributed by atoms with E-state index in [1.807, 2.05) is 66.0 Å². The van der Waals surface area contributed by atoms with Crippen molar-refractivity contribution in [3.05, 3.63) is 100 Å². The van der Waals surface area contributed by atoms with Crippen LogP contribution in [0.3, 0.4) is 0 Å². The van der Waals surface area contributed by atoms with Crippen LogP contribution in [-0.2, 0) is 27.9 Å². The van der Waals surface area contributed by atoms with Crippen LogP contribution >= 0.6 is 11.3 Å². The minimum absolute atomic E-state index is 0.156. The summed E-state index contributed by atoms with van der Waals surface area (Å²) in [4.78, 5) is 17.1. The molecule has 4 aromatic rings. The molecule has 1 aliphatic rings. The van der Waals surface area contributed by atoms with Gasteiger partial charge in [0.05, 0.1) is 18.0 Å². The lowest BCUT2D eigenvalue weighted by molar-refractivity contribution is -0.133. The SMILES string of the molecule is Cc1ccsc1CN(Cc1ccccc1)C(=O)CN(C1CCCCC1)S(=O)(=O)c1ccc2ccccc2c1. The molecule has 1 fully saturated rings. The Kier molecular flexibility index (Phi) is 8.27. The Balaban J connectivity index is 1.47. The number of hydrogen-bond donors (Lipinski definition) is 0. The Morgan fingerprint density at radius 2 is 1.58 bits per heavy atom. The second-order valence-corrected chi connectivity index (χ2v) is 13.0. The smallest absolute Gasteiger partial charge is 0.243 e. The Morgan fingerprint density at radius 1 is 0.868 bits per heavy atom. The average Bonchev–Trinajstić information content (AvgIpc) is 3.35. The van der Waals surface area contributed by atoms with Crippen LogP contribution in [0.1, 0.15) is 48.1 Å². The molecule has 1 aliphatic carbocycles. The molecule has 38 heavy (non-hydrogen) atoms. The molecule has 1 amide bonds. The number of rotatable bonds is 9. The van der Waals surface area contributed by atoms with Gasteiger partial charge in [-0.2, -0.15) is 4.31 Å². The molecule has 0 aliphatic heterocycles. The van der Waals surface area contributed by atoms with Crippen molar-refractivity contribution in [3.63, 3.8) is 0 Å². The van der Waals surface area contributed by atoms with Gasteiger partial charge in [0, 0.05) is 17.5 Å². The maximum atomic E-state index is 14.1. The minimum Gasteiger partial charge on any atom is -0.332 e. The van der Waals surface area contributed by atoms with Gasteiger partial charge in [0.2, 0.25) is 15.9 Å². The molecule has 7 heteroatoms. The molecule has 198 valence electrons. The molecule has 0 atom stereocenters. The molecule has 5 nitrogen and oxygen atoms in total. The van der Waals surface area contributed by atoms with Crippen molar-refractivity contribution in [2.45, 2.75) is 63.1 Å². The maximum Gasteiger partial charge on any atom is 0.243 e. The second-order valence-electron chi connectivity index (χ2n) is 10.1. The fraction of sp³-hybridized carbons (Fsp3) is 0.323. The molecule has 0 bridgehead atoms. The van der Waals surface area contributed by atoms with E-state index in [0.29, 0.717) is 13.1 Å². The lowest BCUT2D eigenvalue weighted by Gasteiger charge is -2.34. The van der Waals surface area contributed by atoms with Gasteiger partial charge in [0.1, 0.15) is 0 Å². The van der Waals surface area contributed by atoms with E-state index in [1.165, 1.54) is 4.31 Å². The predicted octanol–water partition coefficient (Wildman–Crippen LogP) is 6.76. The highest BCUT2D eigenvalue weighted by Gasteiger charge is 2.35. The van der Waals surface area contributed by atoms with Crippen LogP contribution in [0.15, 0.2) is 89.1 Å². The number of carbonyl (C=O) groups is 1. The standard InChI is InChI=1S/C31H34N2O3S2/c1-24-18-19-37-30(24)22-32(21-25-10-4-2-5-11-25)31(34)23-33(28-14-6-3-7-15-28)38(35,36)29-17-16-26-12-8-9-13-27(26)20-29/h2,4-5,8-13,16-20,28H,3,6-7,14-15,21-23H2,1H3. The first-order valence-electron chi connectivity index (χ1n) is 13.3. The van der Waals surface area contributed by atoms with E-state index in [2.05, 4.69) is 13.0 Å². The van der Waals surface area contributed by atoms with Gasteiger partial charge in [-0.3, -0.25) is 4.79 Å². The Morgan fingerprint density at radius 3 is 2.29 bits per heavy atom. The van der Waals surface area contributed by atoms with Gasteiger partial charge in [0.25, 0.3) is 0 Å².